The van der Waals surface area contributed by atoms with Crippen molar-refractivity contribution in [3.8, 4) is 0 Å². The molecule has 0 unspecified atom stereocenters. The van der Waals surface area contributed by atoms with E-state index in [1.807, 2.05) is 6.92 Å². The van der Waals surface area contributed by atoms with Crippen molar-refractivity contribution in [1.29, 1.82) is 0 Å². The van der Waals surface area contributed by atoms with Crippen molar-refractivity contribution in [3.63, 3.8) is 0 Å². The zero-order valence-electron chi connectivity index (χ0n) is 13.9. The molecule has 8 nitrogen and oxygen atoms in total. The Kier molecular flexibility index (Phi) is 4.82. The molecule has 0 spiro atoms. The Balaban J connectivity index is 2.06. The molecule has 0 aromatic heterocycles. The molecule has 0 heterocycles. The van der Waals surface area contributed by atoms with Crippen LogP contribution in [0.4, 0.5) is 11.4 Å². The van der Waals surface area contributed by atoms with Crippen LogP contribution in [0.25, 0.3) is 10.8 Å². The average Bonchev–Trinajstić information content (AvgIpc) is 2.60. The molecule has 0 atom stereocenters. The largest absolute Gasteiger partial charge is 0.294 e. The monoisotopic (exact) mass is 406 g/mol. The van der Waals surface area contributed by atoms with E-state index in [9.17, 15) is 21.4 Å². The first kappa shape index (κ1) is 19.1. The lowest BCUT2D eigenvalue weighted by Gasteiger charge is -2.06. The van der Waals surface area contributed by atoms with E-state index in [0.29, 0.717) is 16.8 Å². The van der Waals surface area contributed by atoms with Crippen molar-refractivity contribution >= 4 is 42.4 Å². The maximum Gasteiger partial charge on any atom is 0.294 e. The second-order valence-corrected chi connectivity index (χ2v) is 8.60. The summed E-state index contributed by atoms with van der Waals surface area (Å²) < 4.78 is 63.1. The number of rotatable bonds is 4. The van der Waals surface area contributed by atoms with Crippen molar-refractivity contribution in [3.05, 3.63) is 60.2 Å². The molecule has 0 fully saturated rings. The highest BCUT2D eigenvalue weighted by Crippen LogP contribution is 2.32. The molecule has 3 aromatic rings. The number of hydrogen-bond donors (Lipinski definition) is 2. The number of azo groups is 1. The topological polar surface area (TPSA) is 133 Å². The van der Waals surface area contributed by atoms with Gasteiger partial charge in [-0.15, -0.1) is 5.11 Å². The molecule has 10 heteroatoms. The van der Waals surface area contributed by atoms with Gasteiger partial charge in [-0.3, -0.25) is 9.11 Å². The van der Waals surface area contributed by atoms with E-state index < -0.39 is 20.2 Å². The summed E-state index contributed by atoms with van der Waals surface area (Å²) in [6, 6.07) is 12.8. The fraction of sp³-hybridized carbons (Fsp3) is 0.0588. The summed E-state index contributed by atoms with van der Waals surface area (Å²) in [7, 11) is -8.65. The van der Waals surface area contributed by atoms with E-state index in [2.05, 4.69) is 10.2 Å². The van der Waals surface area contributed by atoms with E-state index in [-0.39, 0.29) is 9.79 Å². The van der Waals surface area contributed by atoms with Gasteiger partial charge in [-0.25, -0.2) is 0 Å². The van der Waals surface area contributed by atoms with Crippen LogP contribution in [0.2, 0.25) is 0 Å². The maximum atomic E-state index is 11.4. The second-order valence-electron chi connectivity index (χ2n) is 5.75. The van der Waals surface area contributed by atoms with Gasteiger partial charge in [0.25, 0.3) is 20.2 Å². The molecule has 0 aliphatic carbocycles. The summed E-state index contributed by atoms with van der Waals surface area (Å²) >= 11 is 0. The van der Waals surface area contributed by atoms with Gasteiger partial charge in [-0.2, -0.15) is 21.9 Å². The van der Waals surface area contributed by atoms with E-state index >= 15 is 0 Å². The molecule has 27 heavy (non-hydrogen) atoms. The Morgan fingerprint density at radius 1 is 0.704 bits per heavy atom. The predicted octanol–water partition coefficient (Wildman–Crippen LogP) is 4.06. The third kappa shape index (κ3) is 4.19. The van der Waals surface area contributed by atoms with Gasteiger partial charge in [-0.1, -0.05) is 12.1 Å². The summed E-state index contributed by atoms with van der Waals surface area (Å²) in [5.74, 6) is 0. The Hall–Kier alpha value is -2.66. The molecule has 0 radical (unpaired) electrons. The first-order chi connectivity index (χ1) is 12.6. The molecular formula is C17H14N2O6S2. The van der Waals surface area contributed by atoms with Crippen LogP contribution in [0.3, 0.4) is 0 Å². The first-order valence-electron chi connectivity index (χ1n) is 7.56. The minimum Gasteiger partial charge on any atom is -0.282 e. The smallest absolute Gasteiger partial charge is 0.282 e. The van der Waals surface area contributed by atoms with Crippen LogP contribution in [0, 0.1) is 6.92 Å². The lowest BCUT2D eigenvalue weighted by Crippen LogP contribution is -1.97. The van der Waals surface area contributed by atoms with Gasteiger partial charge >= 0.3 is 0 Å². The normalized spacial score (nSPS) is 12.7. The standard InChI is InChI=1S/C17H14N2O6S2/c1-11-2-9-17(16-10-14(27(23,24)25)7-8-15(11)16)19-18-12-3-5-13(6-4-12)26(20,21)22/h2-10H,1H3,(H,20,21,22)(H,23,24,25). The van der Waals surface area contributed by atoms with Crippen LogP contribution in [0.1, 0.15) is 5.56 Å². The van der Waals surface area contributed by atoms with E-state index in [1.54, 1.807) is 18.2 Å². The maximum absolute atomic E-state index is 11.4. The van der Waals surface area contributed by atoms with Gasteiger partial charge in [0, 0.05) is 5.39 Å². The number of nitrogens with zero attached hydrogens (tertiary/aromatic N) is 2. The Morgan fingerprint density at radius 2 is 1.30 bits per heavy atom. The van der Waals surface area contributed by atoms with Crippen LogP contribution < -0.4 is 0 Å². The Bertz CT molecular complexity index is 1260. The second kappa shape index (κ2) is 6.82. The van der Waals surface area contributed by atoms with Gasteiger partial charge in [0.05, 0.1) is 21.2 Å². The van der Waals surface area contributed by atoms with Gasteiger partial charge in [0.2, 0.25) is 0 Å². The van der Waals surface area contributed by atoms with E-state index in [1.165, 1.54) is 36.4 Å². The summed E-state index contributed by atoms with van der Waals surface area (Å²) in [6.07, 6.45) is 0. The van der Waals surface area contributed by atoms with Gasteiger partial charge < -0.3 is 0 Å². The van der Waals surface area contributed by atoms with Crippen LogP contribution in [0.5, 0.6) is 0 Å². The molecule has 3 rings (SSSR count). The van der Waals surface area contributed by atoms with Crippen molar-refractivity contribution in [1.82, 2.24) is 0 Å². The fourth-order valence-corrected chi connectivity index (χ4v) is 3.49. The van der Waals surface area contributed by atoms with Gasteiger partial charge in [0.1, 0.15) is 0 Å². The summed E-state index contributed by atoms with van der Waals surface area (Å²) in [6.45, 7) is 1.85. The molecule has 0 amide bonds. The predicted molar refractivity (Wildman–Crippen MR) is 98.9 cm³/mol. The summed E-state index contributed by atoms with van der Waals surface area (Å²) in [4.78, 5) is -0.519. The highest BCUT2D eigenvalue weighted by molar-refractivity contribution is 7.86. The SMILES string of the molecule is Cc1ccc(N=Nc2ccc(S(=O)(=O)O)cc2)c2cc(S(=O)(=O)O)ccc12. The molecule has 2 N–H and O–H groups in total. The molecule has 0 aliphatic heterocycles. The molecule has 0 bridgehead atoms. The van der Waals surface area contributed by atoms with Gasteiger partial charge in [-0.05, 0) is 60.3 Å². The highest BCUT2D eigenvalue weighted by Gasteiger charge is 2.13. The lowest BCUT2D eigenvalue weighted by atomic mass is 10.0. The number of benzene rings is 3. The minimum atomic E-state index is -4.36. The van der Waals surface area contributed by atoms with E-state index in [4.69, 9.17) is 4.55 Å². The zero-order chi connectivity index (χ0) is 19.8. The number of fused-ring (bicyclic) bond motifs is 1. The third-order valence-electron chi connectivity index (χ3n) is 3.89. The summed E-state index contributed by atoms with van der Waals surface area (Å²) in [5.41, 5.74) is 1.60. The third-order valence-corrected chi connectivity index (χ3v) is 5.61. The van der Waals surface area contributed by atoms with Crippen LogP contribution in [-0.2, 0) is 20.2 Å². The molecule has 0 saturated heterocycles. The summed E-state index contributed by atoms with van der Waals surface area (Å²) in [5, 5.41) is 9.35. The first-order valence-corrected chi connectivity index (χ1v) is 10.4. The Labute approximate surface area is 155 Å². The van der Waals surface area contributed by atoms with Crippen molar-refractivity contribution in [2.75, 3.05) is 0 Å². The van der Waals surface area contributed by atoms with Crippen molar-refractivity contribution in [2.45, 2.75) is 16.7 Å². The number of hydrogen-bond acceptors (Lipinski definition) is 6. The molecular weight excluding hydrogens is 392 g/mol. The average molecular weight is 406 g/mol. The van der Waals surface area contributed by atoms with Crippen LogP contribution >= 0.6 is 0 Å². The minimum absolute atomic E-state index is 0.255. The Morgan fingerprint density at radius 3 is 1.89 bits per heavy atom. The molecule has 3 aromatic carbocycles. The fourth-order valence-electron chi connectivity index (χ4n) is 2.51. The zero-order valence-corrected chi connectivity index (χ0v) is 15.6. The van der Waals surface area contributed by atoms with E-state index in [0.717, 1.165) is 10.9 Å². The van der Waals surface area contributed by atoms with Crippen molar-refractivity contribution < 1.29 is 25.9 Å². The highest BCUT2D eigenvalue weighted by atomic mass is 32.2. The molecule has 140 valence electrons. The molecule has 0 saturated carbocycles. The molecule has 0 aliphatic rings. The quantitative estimate of drug-likeness (QED) is 0.496. The van der Waals surface area contributed by atoms with Crippen molar-refractivity contribution in [2.24, 2.45) is 10.2 Å². The van der Waals surface area contributed by atoms with Crippen LogP contribution in [0.15, 0.2) is 74.6 Å². The van der Waals surface area contributed by atoms with Gasteiger partial charge in [0.15, 0.2) is 0 Å². The lowest BCUT2D eigenvalue weighted by molar-refractivity contribution is 0.481. The number of aryl methyl sites for hydroxylation is 1. The van der Waals surface area contributed by atoms with Crippen LogP contribution in [-0.4, -0.2) is 25.9 Å².